The molecule has 0 atom stereocenters. The highest BCUT2D eigenvalue weighted by Gasteiger charge is 2.06. The van der Waals surface area contributed by atoms with Gasteiger partial charge in [-0.3, -0.25) is 4.79 Å². The van der Waals surface area contributed by atoms with Gasteiger partial charge < -0.3 is 10.2 Å². The molecule has 1 rings (SSSR count). The molecule has 0 aliphatic carbocycles. The van der Waals surface area contributed by atoms with Crippen molar-refractivity contribution in [3.63, 3.8) is 0 Å². The molecule has 90 valence electrons. The highest BCUT2D eigenvalue weighted by Crippen LogP contribution is 2.09. The fraction of sp³-hybridized carbons (Fsp3) is 0.417. The zero-order valence-corrected chi connectivity index (χ0v) is 10.1. The van der Waals surface area contributed by atoms with E-state index >= 15 is 0 Å². The van der Waals surface area contributed by atoms with Gasteiger partial charge in [-0.2, -0.15) is 5.26 Å². The van der Waals surface area contributed by atoms with Crippen LogP contribution in [-0.4, -0.2) is 31.0 Å². The predicted molar refractivity (Wildman–Crippen MR) is 65.7 cm³/mol. The standard InChI is InChI=1S/C12H16N4O/c1-3-14-12(17)10-5-6-11(15-9-10)16(2)8-4-7-13/h5-6,9H,3-4,8H2,1-2H3,(H,14,17). The molecule has 5 nitrogen and oxygen atoms in total. The highest BCUT2D eigenvalue weighted by molar-refractivity contribution is 5.93. The van der Waals surface area contributed by atoms with Crippen molar-refractivity contribution in [2.75, 3.05) is 25.0 Å². The Morgan fingerprint density at radius 1 is 1.59 bits per heavy atom. The van der Waals surface area contributed by atoms with Gasteiger partial charge in [0.05, 0.1) is 18.1 Å². The van der Waals surface area contributed by atoms with Gasteiger partial charge in [-0.25, -0.2) is 4.98 Å². The smallest absolute Gasteiger partial charge is 0.252 e. The molecule has 0 aliphatic rings. The number of rotatable bonds is 5. The number of nitriles is 1. The van der Waals surface area contributed by atoms with Crippen molar-refractivity contribution in [2.24, 2.45) is 0 Å². The average molecular weight is 232 g/mol. The molecule has 1 amide bonds. The minimum absolute atomic E-state index is 0.119. The van der Waals surface area contributed by atoms with Crippen LogP contribution in [0.2, 0.25) is 0 Å². The summed E-state index contributed by atoms with van der Waals surface area (Å²) in [6.07, 6.45) is 2.00. The van der Waals surface area contributed by atoms with Crippen molar-refractivity contribution < 1.29 is 4.79 Å². The SMILES string of the molecule is CCNC(=O)c1ccc(N(C)CCC#N)nc1. The molecule has 0 spiro atoms. The van der Waals surface area contributed by atoms with Crippen LogP contribution in [0, 0.1) is 11.3 Å². The Balaban J connectivity index is 2.67. The number of nitrogens with zero attached hydrogens (tertiary/aromatic N) is 3. The molecule has 0 fully saturated rings. The number of carbonyl (C=O) groups is 1. The van der Waals surface area contributed by atoms with Crippen LogP contribution >= 0.6 is 0 Å². The summed E-state index contributed by atoms with van der Waals surface area (Å²) in [5.74, 6) is 0.638. The van der Waals surface area contributed by atoms with Gasteiger partial charge >= 0.3 is 0 Å². The third-order valence-corrected chi connectivity index (χ3v) is 2.30. The van der Waals surface area contributed by atoms with E-state index in [0.717, 1.165) is 5.82 Å². The zero-order chi connectivity index (χ0) is 12.7. The van der Waals surface area contributed by atoms with E-state index in [1.165, 1.54) is 0 Å². The second kappa shape index (κ2) is 6.48. The van der Waals surface area contributed by atoms with E-state index in [1.807, 2.05) is 18.9 Å². The Morgan fingerprint density at radius 2 is 2.35 bits per heavy atom. The molecule has 1 N–H and O–H groups in total. The molecule has 5 heteroatoms. The van der Waals surface area contributed by atoms with Crippen molar-refractivity contribution in [1.82, 2.24) is 10.3 Å². The first kappa shape index (κ1) is 13.0. The van der Waals surface area contributed by atoms with Gasteiger partial charge in [-0.05, 0) is 19.1 Å². The first-order chi connectivity index (χ1) is 8.19. The topological polar surface area (TPSA) is 69.0 Å². The fourth-order valence-electron chi connectivity index (χ4n) is 1.34. The van der Waals surface area contributed by atoms with E-state index < -0.39 is 0 Å². The molecule has 1 heterocycles. The highest BCUT2D eigenvalue weighted by atomic mass is 16.1. The van der Waals surface area contributed by atoms with E-state index in [-0.39, 0.29) is 5.91 Å². The van der Waals surface area contributed by atoms with Crippen LogP contribution in [0.3, 0.4) is 0 Å². The summed E-state index contributed by atoms with van der Waals surface area (Å²) < 4.78 is 0. The fourth-order valence-corrected chi connectivity index (χ4v) is 1.34. The van der Waals surface area contributed by atoms with Gasteiger partial charge in [0.2, 0.25) is 0 Å². The summed E-state index contributed by atoms with van der Waals surface area (Å²) in [5, 5.41) is 11.2. The molecule has 0 unspecified atom stereocenters. The lowest BCUT2D eigenvalue weighted by Gasteiger charge is -2.16. The van der Waals surface area contributed by atoms with Gasteiger partial charge in [0.15, 0.2) is 0 Å². The molecule has 1 aromatic rings. The van der Waals surface area contributed by atoms with Gasteiger partial charge in [0, 0.05) is 26.3 Å². The van der Waals surface area contributed by atoms with Gasteiger partial charge in [0.25, 0.3) is 5.91 Å². The number of hydrogen-bond acceptors (Lipinski definition) is 4. The Kier molecular flexibility index (Phi) is 4.95. The molecule has 0 bridgehead atoms. The third-order valence-electron chi connectivity index (χ3n) is 2.30. The average Bonchev–Trinajstić information content (AvgIpc) is 2.36. The summed E-state index contributed by atoms with van der Waals surface area (Å²) in [5.41, 5.74) is 0.546. The second-order valence-electron chi connectivity index (χ2n) is 3.59. The summed E-state index contributed by atoms with van der Waals surface area (Å²) in [7, 11) is 1.87. The quantitative estimate of drug-likeness (QED) is 0.827. The summed E-state index contributed by atoms with van der Waals surface area (Å²) in [4.78, 5) is 17.6. The predicted octanol–water partition coefficient (Wildman–Crippen LogP) is 1.18. The van der Waals surface area contributed by atoms with Crippen LogP contribution in [-0.2, 0) is 0 Å². The molecule has 1 aromatic heterocycles. The lowest BCUT2D eigenvalue weighted by Crippen LogP contribution is -2.23. The van der Waals surface area contributed by atoms with Crippen molar-refractivity contribution in [1.29, 1.82) is 5.26 Å². The molecule has 0 radical (unpaired) electrons. The van der Waals surface area contributed by atoms with Crippen molar-refractivity contribution in [3.05, 3.63) is 23.9 Å². The molecule has 0 aromatic carbocycles. The summed E-state index contributed by atoms with van der Waals surface area (Å²) in [6.45, 7) is 3.10. The summed E-state index contributed by atoms with van der Waals surface area (Å²) in [6, 6.07) is 5.59. The van der Waals surface area contributed by atoms with E-state index in [0.29, 0.717) is 25.1 Å². The van der Waals surface area contributed by atoms with Crippen LogP contribution < -0.4 is 10.2 Å². The number of anilines is 1. The van der Waals surface area contributed by atoms with Crippen LogP contribution in [0.15, 0.2) is 18.3 Å². The Morgan fingerprint density at radius 3 is 2.88 bits per heavy atom. The lowest BCUT2D eigenvalue weighted by atomic mass is 10.2. The molecule has 0 saturated carbocycles. The van der Waals surface area contributed by atoms with Crippen molar-refractivity contribution in [3.8, 4) is 6.07 Å². The van der Waals surface area contributed by atoms with Crippen LogP contribution in [0.5, 0.6) is 0 Å². The number of nitrogens with one attached hydrogen (secondary N) is 1. The number of hydrogen-bond donors (Lipinski definition) is 1. The number of aromatic nitrogens is 1. The largest absolute Gasteiger partial charge is 0.359 e. The molecular weight excluding hydrogens is 216 g/mol. The normalized spacial score (nSPS) is 9.47. The van der Waals surface area contributed by atoms with Crippen LogP contribution in [0.1, 0.15) is 23.7 Å². The van der Waals surface area contributed by atoms with Crippen molar-refractivity contribution >= 4 is 11.7 Å². The van der Waals surface area contributed by atoms with Gasteiger partial charge in [0.1, 0.15) is 5.82 Å². The van der Waals surface area contributed by atoms with Gasteiger partial charge in [-0.1, -0.05) is 0 Å². The monoisotopic (exact) mass is 232 g/mol. The second-order valence-corrected chi connectivity index (χ2v) is 3.59. The van der Waals surface area contributed by atoms with Gasteiger partial charge in [-0.15, -0.1) is 0 Å². The molecule has 17 heavy (non-hydrogen) atoms. The first-order valence-electron chi connectivity index (χ1n) is 5.51. The first-order valence-corrected chi connectivity index (χ1v) is 5.51. The minimum Gasteiger partial charge on any atom is -0.359 e. The maximum absolute atomic E-state index is 11.5. The van der Waals surface area contributed by atoms with Crippen LogP contribution in [0.4, 0.5) is 5.82 Å². The summed E-state index contributed by atoms with van der Waals surface area (Å²) >= 11 is 0. The number of amides is 1. The Labute approximate surface area is 101 Å². The van der Waals surface area contributed by atoms with E-state index in [9.17, 15) is 4.79 Å². The zero-order valence-electron chi connectivity index (χ0n) is 10.1. The number of pyridine rings is 1. The third kappa shape index (κ3) is 3.76. The van der Waals surface area contributed by atoms with E-state index in [1.54, 1.807) is 18.3 Å². The lowest BCUT2D eigenvalue weighted by molar-refractivity contribution is 0.0955. The molecule has 0 aliphatic heterocycles. The maximum Gasteiger partial charge on any atom is 0.252 e. The Hall–Kier alpha value is -2.09. The van der Waals surface area contributed by atoms with Crippen molar-refractivity contribution in [2.45, 2.75) is 13.3 Å². The number of carbonyl (C=O) groups excluding carboxylic acids is 1. The minimum atomic E-state index is -0.119. The molecular formula is C12H16N4O. The van der Waals surface area contributed by atoms with E-state index in [4.69, 9.17) is 5.26 Å². The molecule has 0 saturated heterocycles. The maximum atomic E-state index is 11.5. The van der Waals surface area contributed by atoms with E-state index in [2.05, 4.69) is 16.4 Å². The van der Waals surface area contributed by atoms with Crippen LogP contribution in [0.25, 0.3) is 0 Å². The Bertz CT molecular complexity index is 408.